The van der Waals surface area contributed by atoms with Crippen molar-refractivity contribution >= 4 is 16.7 Å². The highest BCUT2D eigenvalue weighted by Gasteiger charge is 2.13. The molecule has 0 fully saturated rings. The molecule has 3 nitrogen and oxygen atoms in total. The lowest BCUT2D eigenvalue weighted by Crippen LogP contribution is -2.01. The normalized spacial score (nSPS) is 12.5. The van der Waals surface area contributed by atoms with Crippen molar-refractivity contribution in [2.45, 2.75) is 25.4 Å². The molecule has 2 aromatic rings. The second kappa shape index (κ2) is 5.80. The van der Waals surface area contributed by atoms with Gasteiger partial charge in [0.1, 0.15) is 5.82 Å². The van der Waals surface area contributed by atoms with Gasteiger partial charge < -0.3 is 10.2 Å². The van der Waals surface area contributed by atoms with Gasteiger partial charge >= 0.3 is 5.97 Å². The lowest BCUT2D eigenvalue weighted by atomic mass is 9.97. The van der Waals surface area contributed by atoms with Gasteiger partial charge in [-0.25, -0.2) is 4.39 Å². The minimum Gasteiger partial charge on any atom is -0.481 e. The van der Waals surface area contributed by atoms with Crippen molar-refractivity contribution in [3.8, 4) is 0 Å². The van der Waals surface area contributed by atoms with Crippen molar-refractivity contribution in [2.75, 3.05) is 0 Å². The van der Waals surface area contributed by atoms with Crippen LogP contribution in [-0.2, 0) is 4.79 Å². The molecule has 0 aliphatic rings. The number of carboxylic acids is 1. The second-order valence-corrected chi connectivity index (χ2v) is 4.48. The highest BCUT2D eigenvalue weighted by molar-refractivity contribution is 5.86. The number of fused-ring (bicyclic) bond motifs is 1. The van der Waals surface area contributed by atoms with Gasteiger partial charge in [-0.15, -0.1) is 0 Å². The summed E-state index contributed by atoms with van der Waals surface area (Å²) in [5, 5.41) is 19.8. The predicted molar refractivity (Wildman–Crippen MR) is 70.4 cm³/mol. The summed E-state index contributed by atoms with van der Waals surface area (Å²) in [6.45, 7) is 0. The summed E-state index contributed by atoms with van der Waals surface area (Å²) >= 11 is 0. The quantitative estimate of drug-likeness (QED) is 0.869. The SMILES string of the molecule is O=C(O)CCC[C@H](O)c1ccc(F)c2ccccc12. The number of hydrogen-bond acceptors (Lipinski definition) is 2. The summed E-state index contributed by atoms with van der Waals surface area (Å²) in [5.74, 6) is -1.20. The van der Waals surface area contributed by atoms with Gasteiger partial charge in [-0.2, -0.15) is 0 Å². The number of carbonyl (C=O) groups is 1. The molecule has 2 N–H and O–H groups in total. The maximum atomic E-state index is 13.6. The van der Waals surface area contributed by atoms with Gasteiger partial charge in [-0.3, -0.25) is 4.79 Å². The summed E-state index contributed by atoms with van der Waals surface area (Å²) < 4.78 is 13.6. The van der Waals surface area contributed by atoms with Crippen LogP contribution in [0.25, 0.3) is 10.8 Å². The second-order valence-electron chi connectivity index (χ2n) is 4.48. The molecule has 0 saturated heterocycles. The minimum absolute atomic E-state index is 0.0240. The van der Waals surface area contributed by atoms with Crippen LogP contribution in [0.2, 0.25) is 0 Å². The third-order valence-corrected chi connectivity index (χ3v) is 3.13. The highest BCUT2D eigenvalue weighted by Crippen LogP contribution is 2.28. The van der Waals surface area contributed by atoms with Gasteiger partial charge in [0.2, 0.25) is 0 Å². The minimum atomic E-state index is -0.879. The lowest BCUT2D eigenvalue weighted by molar-refractivity contribution is -0.137. The van der Waals surface area contributed by atoms with Gasteiger partial charge in [0.15, 0.2) is 0 Å². The van der Waals surface area contributed by atoms with E-state index in [0.717, 1.165) is 0 Å². The molecule has 0 aliphatic carbocycles. The molecule has 100 valence electrons. The van der Waals surface area contributed by atoms with Crippen LogP contribution in [0, 0.1) is 5.82 Å². The first kappa shape index (κ1) is 13.5. The van der Waals surface area contributed by atoms with Crippen LogP contribution in [0.15, 0.2) is 36.4 Å². The Balaban J connectivity index is 2.24. The molecule has 1 atom stereocenters. The molecule has 0 aromatic heterocycles. The van der Waals surface area contributed by atoms with E-state index in [4.69, 9.17) is 5.11 Å². The number of benzene rings is 2. The smallest absolute Gasteiger partial charge is 0.303 e. The van der Waals surface area contributed by atoms with Gasteiger partial charge in [-0.05, 0) is 29.9 Å². The number of rotatable bonds is 5. The molecule has 0 heterocycles. The fourth-order valence-electron chi connectivity index (χ4n) is 2.18. The zero-order valence-corrected chi connectivity index (χ0v) is 10.3. The molecule has 0 spiro atoms. The first-order valence-electron chi connectivity index (χ1n) is 6.16. The Morgan fingerprint density at radius 1 is 1.16 bits per heavy atom. The molecular formula is C15H15FO3. The number of aliphatic hydroxyl groups is 1. The van der Waals surface area contributed by atoms with E-state index in [1.165, 1.54) is 6.07 Å². The monoisotopic (exact) mass is 262 g/mol. The first-order valence-corrected chi connectivity index (χ1v) is 6.16. The zero-order valence-electron chi connectivity index (χ0n) is 10.3. The van der Waals surface area contributed by atoms with Crippen molar-refractivity contribution in [3.05, 3.63) is 47.8 Å². The van der Waals surface area contributed by atoms with Gasteiger partial charge in [0.25, 0.3) is 0 Å². The standard InChI is InChI=1S/C15H15FO3/c16-13-9-8-12(10-4-1-2-5-11(10)13)14(17)6-3-7-15(18)19/h1-2,4-5,8-9,14,17H,3,6-7H2,(H,18,19)/t14-/m0/s1. The van der Waals surface area contributed by atoms with Crippen molar-refractivity contribution < 1.29 is 19.4 Å². The first-order chi connectivity index (χ1) is 9.09. The van der Waals surface area contributed by atoms with Crippen LogP contribution in [0.5, 0.6) is 0 Å². The molecule has 0 radical (unpaired) electrons. The third-order valence-electron chi connectivity index (χ3n) is 3.13. The Hall–Kier alpha value is -1.94. The molecule has 0 saturated carbocycles. The maximum absolute atomic E-state index is 13.6. The third kappa shape index (κ3) is 3.09. The zero-order chi connectivity index (χ0) is 13.8. The van der Waals surface area contributed by atoms with Crippen LogP contribution in [0.3, 0.4) is 0 Å². The molecule has 0 bridgehead atoms. The molecule has 2 rings (SSSR count). The number of halogens is 1. The lowest BCUT2D eigenvalue weighted by Gasteiger charge is -2.13. The topological polar surface area (TPSA) is 57.5 Å². The number of aliphatic carboxylic acids is 1. The van der Waals surface area contributed by atoms with Crippen molar-refractivity contribution in [2.24, 2.45) is 0 Å². The van der Waals surface area contributed by atoms with Gasteiger partial charge in [-0.1, -0.05) is 30.3 Å². The molecule has 19 heavy (non-hydrogen) atoms. The fourth-order valence-corrected chi connectivity index (χ4v) is 2.18. The average Bonchev–Trinajstić information content (AvgIpc) is 2.39. The number of carboxylic acid groups (broad SMARTS) is 1. The summed E-state index contributed by atoms with van der Waals surface area (Å²) in [7, 11) is 0. The van der Waals surface area contributed by atoms with Crippen molar-refractivity contribution in [1.82, 2.24) is 0 Å². The van der Waals surface area contributed by atoms with E-state index < -0.39 is 12.1 Å². The van der Waals surface area contributed by atoms with Gasteiger partial charge in [0.05, 0.1) is 6.10 Å². The van der Waals surface area contributed by atoms with Crippen LogP contribution < -0.4 is 0 Å². The largest absolute Gasteiger partial charge is 0.481 e. The summed E-state index contributed by atoms with van der Waals surface area (Å²) in [6.07, 6.45) is -0.00908. The molecule has 0 amide bonds. The van der Waals surface area contributed by atoms with E-state index in [0.29, 0.717) is 29.2 Å². The van der Waals surface area contributed by atoms with E-state index in [-0.39, 0.29) is 12.2 Å². The van der Waals surface area contributed by atoms with Crippen LogP contribution in [0.1, 0.15) is 30.9 Å². The van der Waals surface area contributed by atoms with Crippen molar-refractivity contribution in [3.63, 3.8) is 0 Å². The molecule has 0 unspecified atom stereocenters. The Bertz CT molecular complexity index is 595. The number of aliphatic hydroxyl groups excluding tert-OH is 1. The van der Waals surface area contributed by atoms with E-state index in [9.17, 15) is 14.3 Å². The number of hydrogen-bond donors (Lipinski definition) is 2. The molecule has 4 heteroatoms. The van der Waals surface area contributed by atoms with E-state index in [1.54, 1.807) is 30.3 Å². The van der Waals surface area contributed by atoms with Crippen molar-refractivity contribution in [1.29, 1.82) is 0 Å². The molecular weight excluding hydrogens is 247 g/mol. The predicted octanol–water partition coefficient (Wildman–Crippen LogP) is 3.27. The van der Waals surface area contributed by atoms with E-state index >= 15 is 0 Å². The Morgan fingerprint density at radius 3 is 2.53 bits per heavy atom. The van der Waals surface area contributed by atoms with Crippen LogP contribution in [-0.4, -0.2) is 16.2 Å². The molecule has 2 aromatic carbocycles. The Kier molecular flexibility index (Phi) is 4.12. The van der Waals surface area contributed by atoms with E-state index in [2.05, 4.69) is 0 Å². The van der Waals surface area contributed by atoms with Gasteiger partial charge in [0, 0.05) is 11.8 Å². The fraction of sp³-hybridized carbons (Fsp3) is 0.267. The molecule has 0 aliphatic heterocycles. The highest BCUT2D eigenvalue weighted by atomic mass is 19.1. The van der Waals surface area contributed by atoms with Crippen LogP contribution >= 0.6 is 0 Å². The van der Waals surface area contributed by atoms with Crippen LogP contribution in [0.4, 0.5) is 4.39 Å². The Labute approximate surface area is 110 Å². The maximum Gasteiger partial charge on any atom is 0.303 e. The Morgan fingerprint density at radius 2 is 1.84 bits per heavy atom. The van der Waals surface area contributed by atoms with E-state index in [1.807, 2.05) is 0 Å². The summed E-state index contributed by atoms with van der Waals surface area (Å²) in [6, 6.07) is 9.84. The summed E-state index contributed by atoms with van der Waals surface area (Å²) in [4.78, 5) is 10.4. The summed E-state index contributed by atoms with van der Waals surface area (Å²) in [5.41, 5.74) is 0.641. The average molecular weight is 262 g/mol.